The van der Waals surface area contributed by atoms with Crippen molar-refractivity contribution < 1.29 is 41.0 Å². The number of alkyl halides is 6. The summed E-state index contributed by atoms with van der Waals surface area (Å²) < 4.78 is 83.4. The highest BCUT2D eigenvalue weighted by atomic mass is 19.4. The maximum absolute atomic E-state index is 13.0. The van der Waals surface area contributed by atoms with E-state index in [9.17, 15) is 31.4 Å². The molecule has 2 aromatic rings. The Kier molecular flexibility index (Phi) is 7.94. The molecule has 2 aromatic carbocycles. The first-order valence-electron chi connectivity index (χ1n) is 9.34. The van der Waals surface area contributed by atoms with Crippen LogP contribution in [0.3, 0.4) is 0 Å². The minimum absolute atomic E-state index is 0.0854. The molecule has 0 aliphatic heterocycles. The van der Waals surface area contributed by atoms with Crippen LogP contribution in [-0.4, -0.2) is 36.4 Å². The topological polar surface area (TPSA) is 51.0 Å². The van der Waals surface area contributed by atoms with Gasteiger partial charge in [0, 0.05) is 5.56 Å². The highest BCUT2D eigenvalue weighted by molar-refractivity contribution is 6.00. The number of ether oxygens (including phenoxy) is 1. The maximum atomic E-state index is 13.0. The van der Waals surface area contributed by atoms with Crippen LogP contribution in [0.2, 0.25) is 0 Å². The van der Waals surface area contributed by atoms with Crippen molar-refractivity contribution in [2.24, 2.45) is 5.16 Å². The van der Waals surface area contributed by atoms with E-state index in [2.05, 4.69) is 5.16 Å². The minimum Gasteiger partial charge on any atom is -0.490 e. The molecule has 1 N–H and O–H groups in total. The maximum Gasteiger partial charge on any atom is 0.430 e. The van der Waals surface area contributed by atoms with E-state index in [1.807, 2.05) is 13.0 Å². The molecule has 0 unspecified atom stereocenters. The Morgan fingerprint density at radius 2 is 1.45 bits per heavy atom. The summed E-state index contributed by atoms with van der Waals surface area (Å²) in [6, 6.07) is 12.2. The Morgan fingerprint density at radius 1 is 0.871 bits per heavy atom. The summed E-state index contributed by atoms with van der Waals surface area (Å²) in [5.41, 5.74) is -5.67. The Hall–Kier alpha value is -2.75. The second kappa shape index (κ2) is 10.0. The summed E-state index contributed by atoms with van der Waals surface area (Å²) in [7, 11) is 0. The fourth-order valence-corrected chi connectivity index (χ4v) is 2.71. The zero-order chi connectivity index (χ0) is 23.1. The highest BCUT2D eigenvalue weighted by Gasteiger charge is 2.71. The molecule has 0 aromatic heterocycles. The molecule has 0 aliphatic carbocycles. The molecule has 0 amide bonds. The average molecular weight is 449 g/mol. The van der Waals surface area contributed by atoms with E-state index in [0.29, 0.717) is 36.4 Å². The van der Waals surface area contributed by atoms with Crippen LogP contribution in [0.4, 0.5) is 26.3 Å². The second-order valence-corrected chi connectivity index (χ2v) is 6.57. The number of rotatable bonds is 9. The van der Waals surface area contributed by atoms with Crippen LogP contribution in [0.15, 0.2) is 59.8 Å². The molecule has 0 radical (unpaired) electrons. The first-order chi connectivity index (χ1) is 14.5. The van der Waals surface area contributed by atoms with Gasteiger partial charge in [-0.25, -0.2) is 0 Å². The standard InChI is InChI=1S/C21H21F6NO3/c1-2-6-18(28-31-14-13-30-17-7-4-3-5-8-17)15-9-11-16(12-10-15)19(29,20(22,23)24)21(25,26)27/h3-5,7-12,29H,2,6,13-14H2,1H3/b28-18-. The molecule has 170 valence electrons. The monoisotopic (exact) mass is 449 g/mol. The van der Waals surface area contributed by atoms with E-state index in [4.69, 9.17) is 9.57 Å². The number of hydrogen-bond acceptors (Lipinski definition) is 4. The van der Waals surface area contributed by atoms with Crippen molar-refractivity contribution in [3.63, 3.8) is 0 Å². The average Bonchev–Trinajstić information content (AvgIpc) is 2.71. The SMILES string of the molecule is CCC/C(=N/OCCOc1ccccc1)c1ccc(C(O)(C(F)(F)F)C(F)(F)F)cc1. The quantitative estimate of drug-likeness (QED) is 0.235. The fourth-order valence-electron chi connectivity index (χ4n) is 2.71. The van der Waals surface area contributed by atoms with E-state index >= 15 is 0 Å². The minimum atomic E-state index is -5.94. The first-order valence-corrected chi connectivity index (χ1v) is 9.34. The summed E-state index contributed by atoms with van der Waals surface area (Å²) in [6.45, 7) is 2.10. The number of aliphatic hydroxyl groups is 1. The van der Waals surface area contributed by atoms with Crippen LogP contribution >= 0.6 is 0 Å². The predicted molar refractivity (Wildman–Crippen MR) is 102 cm³/mol. The molecule has 4 nitrogen and oxygen atoms in total. The van der Waals surface area contributed by atoms with Gasteiger partial charge in [0.2, 0.25) is 0 Å². The first kappa shape index (κ1) is 24.5. The van der Waals surface area contributed by atoms with E-state index in [1.54, 1.807) is 24.3 Å². The molecule has 0 atom stereocenters. The van der Waals surface area contributed by atoms with Gasteiger partial charge < -0.3 is 14.7 Å². The molecule has 2 rings (SSSR count). The van der Waals surface area contributed by atoms with Crippen molar-refractivity contribution in [1.82, 2.24) is 0 Å². The molecule has 0 saturated carbocycles. The Bertz CT molecular complexity index is 834. The van der Waals surface area contributed by atoms with Crippen LogP contribution in [0, 0.1) is 0 Å². The van der Waals surface area contributed by atoms with Gasteiger partial charge in [0.1, 0.15) is 12.4 Å². The van der Waals surface area contributed by atoms with Crippen molar-refractivity contribution in [3.8, 4) is 5.75 Å². The van der Waals surface area contributed by atoms with E-state index in [0.717, 1.165) is 12.1 Å². The van der Waals surface area contributed by atoms with Crippen molar-refractivity contribution in [3.05, 3.63) is 65.7 Å². The molecule has 0 aliphatic rings. The van der Waals surface area contributed by atoms with Gasteiger partial charge in [-0.2, -0.15) is 26.3 Å². The van der Waals surface area contributed by atoms with Gasteiger partial charge in [-0.15, -0.1) is 0 Å². The van der Waals surface area contributed by atoms with Gasteiger partial charge >= 0.3 is 12.4 Å². The zero-order valence-corrected chi connectivity index (χ0v) is 16.5. The van der Waals surface area contributed by atoms with Crippen LogP contribution < -0.4 is 4.74 Å². The molecule has 0 saturated heterocycles. The summed E-state index contributed by atoms with van der Waals surface area (Å²) in [5.74, 6) is 0.640. The van der Waals surface area contributed by atoms with Gasteiger partial charge in [0.05, 0.1) is 5.71 Å². The predicted octanol–water partition coefficient (Wildman–Crippen LogP) is 5.60. The molecule has 0 fully saturated rings. The van der Waals surface area contributed by atoms with E-state index in [-0.39, 0.29) is 18.8 Å². The Morgan fingerprint density at radius 3 is 1.97 bits per heavy atom. The van der Waals surface area contributed by atoms with Gasteiger partial charge in [0.25, 0.3) is 5.60 Å². The molecule has 0 heterocycles. The number of oxime groups is 1. The lowest BCUT2D eigenvalue weighted by Crippen LogP contribution is -2.53. The van der Waals surface area contributed by atoms with E-state index in [1.165, 1.54) is 0 Å². The smallest absolute Gasteiger partial charge is 0.430 e. The van der Waals surface area contributed by atoms with Gasteiger partial charge in [-0.3, -0.25) is 0 Å². The molecule has 0 bridgehead atoms. The van der Waals surface area contributed by atoms with Crippen LogP contribution in [0.5, 0.6) is 5.75 Å². The number of halogens is 6. The van der Waals surface area contributed by atoms with Crippen LogP contribution in [-0.2, 0) is 10.4 Å². The van der Waals surface area contributed by atoms with Crippen LogP contribution in [0.25, 0.3) is 0 Å². The third-order valence-corrected chi connectivity index (χ3v) is 4.30. The fraction of sp³-hybridized carbons (Fsp3) is 0.381. The largest absolute Gasteiger partial charge is 0.490 e. The third kappa shape index (κ3) is 5.90. The summed E-state index contributed by atoms with van der Waals surface area (Å²) in [6.07, 6.45) is -10.9. The number of para-hydroxylation sites is 1. The lowest BCUT2D eigenvalue weighted by Gasteiger charge is -2.32. The number of nitrogens with zero attached hydrogens (tertiary/aromatic N) is 1. The molecular weight excluding hydrogens is 428 g/mol. The van der Waals surface area contributed by atoms with Gasteiger partial charge in [-0.1, -0.05) is 61.0 Å². The van der Waals surface area contributed by atoms with Crippen molar-refractivity contribution in [1.29, 1.82) is 0 Å². The van der Waals surface area contributed by atoms with Crippen molar-refractivity contribution in [2.45, 2.75) is 37.7 Å². The Balaban J connectivity index is 2.12. The summed E-state index contributed by atoms with van der Waals surface area (Å²) in [4.78, 5) is 5.18. The molecule has 31 heavy (non-hydrogen) atoms. The molecule has 0 spiro atoms. The zero-order valence-electron chi connectivity index (χ0n) is 16.5. The molecular formula is C21H21F6NO3. The molecule has 10 heteroatoms. The summed E-state index contributed by atoms with van der Waals surface area (Å²) >= 11 is 0. The Labute approximate surface area is 175 Å². The van der Waals surface area contributed by atoms with Crippen molar-refractivity contribution >= 4 is 5.71 Å². The number of hydrogen-bond donors (Lipinski definition) is 1. The lowest BCUT2D eigenvalue weighted by molar-refractivity contribution is -0.376. The number of benzene rings is 2. The normalized spacial score (nSPS) is 13.2. The van der Waals surface area contributed by atoms with Crippen molar-refractivity contribution in [2.75, 3.05) is 13.2 Å². The van der Waals surface area contributed by atoms with Crippen LogP contribution in [0.1, 0.15) is 30.9 Å². The van der Waals surface area contributed by atoms with Gasteiger partial charge in [0.15, 0.2) is 6.61 Å². The second-order valence-electron chi connectivity index (χ2n) is 6.57. The lowest BCUT2D eigenvalue weighted by atomic mass is 9.91. The third-order valence-electron chi connectivity index (χ3n) is 4.30. The summed E-state index contributed by atoms with van der Waals surface area (Å²) in [5, 5.41) is 13.4. The van der Waals surface area contributed by atoms with Gasteiger partial charge in [-0.05, 0) is 24.1 Å². The van der Waals surface area contributed by atoms with E-state index < -0.39 is 23.5 Å². The highest BCUT2D eigenvalue weighted by Crippen LogP contribution is 2.49.